The molecule has 14 heavy (non-hydrogen) atoms. The third kappa shape index (κ3) is 1.29. The molecule has 1 aromatic heterocycles. The van der Waals surface area contributed by atoms with E-state index >= 15 is 0 Å². The molecule has 0 bridgehead atoms. The van der Waals surface area contributed by atoms with Crippen molar-refractivity contribution < 1.29 is 8.81 Å². The largest absolute Gasteiger partial charge is 0.458 e. The molecule has 74 valence electrons. The van der Waals surface area contributed by atoms with Crippen molar-refractivity contribution in [3.63, 3.8) is 0 Å². The van der Waals surface area contributed by atoms with Gasteiger partial charge in [-0.2, -0.15) is 0 Å². The molecule has 0 amide bonds. The van der Waals surface area contributed by atoms with Crippen LogP contribution in [0.2, 0.25) is 5.02 Å². The number of rotatable bonds is 1. The number of hydrogen-bond acceptors (Lipinski definition) is 2. The molecule has 4 heteroatoms. The van der Waals surface area contributed by atoms with Crippen molar-refractivity contribution in [2.24, 2.45) is 5.73 Å². The van der Waals surface area contributed by atoms with E-state index in [2.05, 4.69) is 0 Å². The van der Waals surface area contributed by atoms with Gasteiger partial charge in [-0.1, -0.05) is 11.6 Å². The first kappa shape index (κ1) is 9.49. The standard InChI is InChI=1S/C10H9ClFNO/c1-5-7-2-6(12)3-8(11)10(7)14-9(5)4-13/h2-3H,4,13H2,1H3. The summed E-state index contributed by atoms with van der Waals surface area (Å²) in [6.07, 6.45) is 0. The van der Waals surface area contributed by atoms with Crippen LogP contribution in [0.3, 0.4) is 0 Å². The zero-order chi connectivity index (χ0) is 10.3. The van der Waals surface area contributed by atoms with Gasteiger partial charge in [-0.15, -0.1) is 0 Å². The van der Waals surface area contributed by atoms with Crippen LogP contribution in [-0.2, 0) is 6.54 Å². The lowest BCUT2D eigenvalue weighted by Gasteiger charge is -1.93. The van der Waals surface area contributed by atoms with Crippen LogP contribution in [0.4, 0.5) is 4.39 Å². The van der Waals surface area contributed by atoms with Gasteiger partial charge in [-0.25, -0.2) is 4.39 Å². The van der Waals surface area contributed by atoms with Crippen LogP contribution >= 0.6 is 11.6 Å². The van der Waals surface area contributed by atoms with E-state index in [1.54, 1.807) is 0 Å². The first-order valence-corrected chi connectivity index (χ1v) is 4.58. The Bertz CT molecular complexity index is 492. The van der Waals surface area contributed by atoms with Crippen molar-refractivity contribution >= 4 is 22.6 Å². The smallest absolute Gasteiger partial charge is 0.153 e. The summed E-state index contributed by atoms with van der Waals surface area (Å²) < 4.78 is 18.4. The number of fused-ring (bicyclic) bond motifs is 1. The molecule has 0 saturated carbocycles. The maximum absolute atomic E-state index is 13.0. The molecule has 2 aromatic rings. The Kier molecular flexibility index (Phi) is 2.21. The van der Waals surface area contributed by atoms with E-state index in [4.69, 9.17) is 21.8 Å². The Balaban J connectivity index is 2.85. The second kappa shape index (κ2) is 3.26. The summed E-state index contributed by atoms with van der Waals surface area (Å²) in [4.78, 5) is 0. The van der Waals surface area contributed by atoms with Crippen LogP contribution < -0.4 is 5.73 Å². The topological polar surface area (TPSA) is 39.2 Å². The molecule has 0 atom stereocenters. The first-order valence-electron chi connectivity index (χ1n) is 4.20. The number of benzene rings is 1. The zero-order valence-electron chi connectivity index (χ0n) is 7.60. The number of nitrogens with two attached hydrogens (primary N) is 1. The molecular formula is C10H9ClFNO. The molecule has 0 radical (unpaired) electrons. The maximum Gasteiger partial charge on any atom is 0.153 e. The summed E-state index contributed by atoms with van der Waals surface area (Å²) in [6.45, 7) is 2.13. The average Bonchev–Trinajstić information content (AvgIpc) is 2.44. The van der Waals surface area contributed by atoms with Crippen molar-refractivity contribution in [2.45, 2.75) is 13.5 Å². The summed E-state index contributed by atoms with van der Waals surface area (Å²) in [7, 11) is 0. The van der Waals surface area contributed by atoms with Gasteiger partial charge in [0.2, 0.25) is 0 Å². The average molecular weight is 214 g/mol. The van der Waals surface area contributed by atoms with Gasteiger partial charge in [0.05, 0.1) is 11.6 Å². The van der Waals surface area contributed by atoms with E-state index in [9.17, 15) is 4.39 Å². The summed E-state index contributed by atoms with van der Waals surface area (Å²) in [6, 6.07) is 2.63. The van der Waals surface area contributed by atoms with Crippen LogP contribution in [0.15, 0.2) is 16.5 Å². The van der Waals surface area contributed by atoms with Crippen LogP contribution in [0.1, 0.15) is 11.3 Å². The SMILES string of the molecule is Cc1c(CN)oc2c(Cl)cc(F)cc12. The maximum atomic E-state index is 13.0. The fraction of sp³-hybridized carbons (Fsp3) is 0.200. The van der Waals surface area contributed by atoms with Gasteiger partial charge >= 0.3 is 0 Å². The number of aryl methyl sites for hydroxylation is 1. The Hall–Kier alpha value is -1.06. The molecule has 0 unspecified atom stereocenters. The summed E-state index contributed by atoms with van der Waals surface area (Å²) in [5.41, 5.74) is 6.83. The van der Waals surface area contributed by atoms with Crippen molar-refractivity contribution in [2.75, 3.05) is 0 Å². The highest BCUT2D eigenvalue weighted by Gasteiger charge is 2.13. The van der Waals surface area contributed by atoms with Gasteiger partial charge in [0.1, 0.15) is 11.6 Å². The normalized spacial score (nSPS) is 11.1. The van der Waals surface area contributed by atoms with Gasteiger partial charge < -0.3 is 10.2 Å². The van der Waals surface area contributed by atoms with Gasteiger partial charge in [0.25, 0.3) is 0 Å². The number of furan rings is 1. The second-order valence-electron chi connectivity index (χ2n) is 3.12. The predicted molar refractivity (Wildman–Crippen MR) is 53.8 cm³/mol. The highest BCUT2D eigenvalue weighted by Crippen LogP contribution is 2.31. The monoisotopic (exact) mass is 213 g/mol. The van der Waals surface area contributed by atoms with E-state index < -0.39 is 0 Å². The number of halogens is 2. The summed E-state index contributed by atoms with van der Waals surface area (Å²) in [5, 5.41) is 0.971. The van der Waals surface area contributed by atoms with Crippen LogP contribution in [0, 0.1) is 12.7 Å². The zero-order valence-corrected chi connectivity index (χ0v) is 8.36. The minimum atomic E-state index is -0.366. The summed E-state index contributed by atoms with van der Waals surface area (Å²) in [5.74, 6) is 0.280. The van der Waals surface area contributed by atoms with Crippen LogP contribution in [-0.4, -0.2) is 0 Å². The lowest BCUT2D eigenvalue weighted by molar-refractivity contribution is 0.548. The minimum Gasteiger partial charge on any atom is -0.458 e. The highest BCUT2D eigenvalue weighted by atomic mass is 35.5. The highest BCUT2D eigenvalue weighted by molar-refractivity contribution is 6.34. The van der Waals surface area contributed by atoms with Crippen molar-refractivity contribution in [1.29, 1.82) is 0 Å². The number of hydrogen-bond donors (Lipinski definition) is 1. The molecule has 2 N–H and O–H groups in total. The van der Waals surface area contributed by atoms with E-state index in [1.165, 1.54) is 12.1 Å². The van der Waals surface area contributed by atoms with Gasteiger partial charge in [0, 0.05) is 5.39 Å². The summed E-state index contributed by atoms with van der Waals surface area (Å²) >= 11 is 5.83. The molecule has 0 aliphatic heterocycles. The van der Waals surface area contributed by atoms with E-state index in [0.29, 0.717) is 23.3 Å². The van der Waals surface area contributed by atoms with Crippen molar-refractivity contribution in [1.82, 2.24) is 0 Å². The Morgan fingerprint density at radius 2 is 2.21 bits per heavy atom. The quantitative estimate of drug-likeness (QED) is 0.791. The molecular weight excluding hydrogens is 205 g/mol. The van der Waals surface area contributed by atoms with Crippen molar-refractivity contribution in [3.05, 3.63) is 34.3 Å². The lowest BCUT2D eigenvalue weighted by atomic mass is 10.1. The van der Waals surface area contributed by atoms with Gasteiger partial charge in [-0.05, 0) is 24.6 Å². The van der Waals surface area contributed by atoms with E-state index in [-0.39, 0.29) is 10.8 Å². The van der Waals surface area contributed by atoms with Gasteiger partial charge in [0.15, 0.2) is 5.58 Å². The minimum absolute atomic E-state index is 0.280. The Morgan fingerprint density at radius 3 is 2.86 bits per heavy atom. The molecule has 0 aliphatic carbocycles. The fourth-order valence-corrected chi connectivity index (χ4v) is 1.73. The molecule has 0 aliphatic rings. The molecule has 2 rings (SSSR count). The first-order chi connectivity index (χ1) is 6.63. The van der Waals surface area contributed by atoms with E-state index in [0.717, 1.165) is 5.56 Å². The fourth-order valence-electron chi connectivity index (χ4n) is 1.49. The molecule has 0 fully saturated rings. The van der Waals surface area contributed by atoms with Crippen LogP contribution in [0.5, 0.6) is 0 Å². The molecule has 1 aromatic carbocycles. The third-order valence-electron chi connectivity index (χ3n) is 2.24. The molecule has 2 nitrogen and oxygen atoms in total. The third-order valence-corrected chi connectivity index (χ3v) is 2.52. The predicted octanol–water partition coefficient (Wildman–Crippen LogP) is 2.99. The molecule has 0 spiro atoms. The molecule has 0 saturated heterocycles. The molecule has 1 heterocycles. The Morgan fingerprint density at radius 1 is 1.50 bits per heavy atom. The second-order valence-corrected chi connectivity index (χ2v) is 3.53. The Labute approximate surface area is 85.4 Å². The van der Waals surface area contributed by atoms with E-state index in [1.807, 2.05) is 6.92 Å². The van der Waals surface area contributed by atoms with Gasteiger partial charge in [-0.3, -0.25) is 0 Å². The van der Waals surface area contributed by atoms with Crippen LogP contribution in [0.25, 0.3) is 11.0 Å². The lowest BCUT2D eigenvalue weighted by Crippen LogP contribution is -1.95. The van der Waals surface area contributed by atoms with Crippen molar-refractivity contribution in [3.8, 4) is 0 Å².